The summed E-state index contributed by atoms with van der Waals surface area (Å²) in [7, 11) is 0. The van der Waals surface area contributed by atoms with Gasteiger partial charge in [-0.15, -0.1) is 0 Å². The lowest BCUT2D eigenvalue weighted by atomic mass is 10.1. The molecule has 2 N–H and O–H groups in total. The van der Waals surface area contributed by atoms with Gasteiger partial charge in [0.2, 0.25) is 5.89 Å². The zero-order valence-corrected chi connectivity index (χ0v) is 13.3. The first-order valence-corrected chi connectivity index (χ1v) is 7.66. The standard InChI is InChI=1S/C18H16FN3O3/c19-15-9-13(18-21-7-8-24-18)3-4-14(15)11-25-17(23)6-2-12-1-5-16(20)22-10-12/h1,3-5,7-10H,2,6,11H2,(H2,20,22). The molecule has 0 bridgehead atoms. The number of hydrogen-bond acceptors (Lipinski definition) is 6. The fraction of sp³-hybridized carbons (Fsp3) is 0.167. The van der Waals surface area contributed by atoms with E-state index in [0.717, 1.165) is 5.56 Å². The number of nitrogens with two attached hydrogens (primary N) is 1. The number of oxazole rings is 1. The topological polar surface area (TPSA) is 91.2 Å². The number of rotatable bonds is 6. The third kappa shape index (κ3) is 4.41. The Balaban J connectivity index is 1.52. The van der Waals surface area contributed by atoms with Crippen LogP contribution >= 0.6 is 0 Å². The lowest BCUT2D eigenvalue weighted by Crippen LogP contribution is -2.07. The maximum atomic E-state index is 14.1. The monoisotopic (exact) mass is 341 g/mol. The third-order valence-corrected chi connectivity index (χ3v) is 3.59. The van der Waals surface area contributed by atoms with Gasteiger partial charge < -0.3 is 14.9 Å². The van der Waals surface area contributed by atoms with Gasteiger partial charge in [-0.3, -0.25) is 4.79 Å². The van der Waals surface area contributed by atoms with Crippen molar-refractivity contribution in [2.24, 2.45) is 0 Å². The highest BCUT2D eigenvalue weighted by atomic mass is 19.1. The largest absolute Gasteiger partial charge is 0.461 e. The average molecular weight is 341 g/mol. The molecule has 0 fully saturated rings. The van der Waals surface area contributed by atoms with Crippen LogP contribution in [0.1, 0.15) is 17.5 Å². The highest BCUT2D eigenvalue weighted by Gasteiger charge is 2.10. The summed E-state index contributed by atoms with van der Waals surface area (Å²) in [6.07, 6.45) is 5.18. The zero-order chi connectivity index (χ0) is 17.6. The van der Waals surface area contributed by atoms with Crippen LogP contribution in [0, 0.1) is 5.82 Å². The van der Waals surface area contributed by atoms with Crippen LogP contribution in [0.3, 0.4) is 0 Å². The number of carbonyl (C=O) groups is 1. The second-order valence-electron chi connectivity index (χ2n) is 5.40. The second-order valence-corrected chi connectivity index (χ2v) is 5.40. The van der Waals surface area contributed by atoms with Gasteiger partial charge in [-0.1, -0.05) is 12.1 Å². The van der Waals surface area contributed by atoms with E-state index < -0.39 is 11.8 Å². The van der Waals surface area contributed by atoms with Crippen LogP contribution in [0.25, 0.3) is 11.5 Å². The van der Waals surface area contributed by atoms with Gasteiger partial charge in [-0.25, -0.2) is 14.4 Å². The Kier molecular flexibility index (Phi) is 5.03. The summed E-state index contributed by atoms with van der Waals surface area (Å²) < 4.78 is 24.3. The number of carbonyl (C=O) groups excluding carboxylic acids is 1. The maximum absolute atomic E-state index is 14.1. The number of aryl methyl sites for hydroxylation is 1. The molecule has 1 aromatic carbocycles. The molecular weight excluding hydrogens is 325 g/mol. The highest BCUT2D eigenvalue weighted by Crippen LogP contribution is 2.20. The van der Waals surface area contributed by atoms with E-state index in [4.69, 9.17) is 14.9 Å². The molecule has 0 radical (unpaired) electrons. The fourth-order valence-electron chi connectivity index (χ4n) is 2.22. The molecule has 6 nitrogen and oxygen atoms in total. The number of hydrogen-bond donors (Lipinski definition) is 1. The molecule has 0 aliphatic heterocycles. The van der Waals surface area contributed by atoms with Gasteiger partial charge in [0, 0.05) is 23.7 Å². The third-order valence-electron chi connectivity index (χ3n) is 3.59. The van der Waals surface area contributed by atoms with E-state index >= 15 is 0 Å². The van der Waals surface area contributed by atoms with E-state index in [1.807, 2.05) is 0 Å². The first-order valence-electron chi connectivity index (χ1n) is 7.66. The summed E-state index contributed by atoms with van der Waals surface area (Å²) in [5, 5.41) is 0. The van der Waals surface area contributed by atoms with Gasteiger partial charge in [0.05, 0.1) is 6.20 Å². The Morgan fingerprint density at radius 1 is 1.24 bits per heavy atom. The van der Waals surface area contributed by atoms with Gasteiger partial charge in [0.15, 0.2) is 0 Å². The van der Waals surface area contributed by atoms with E-state index in [1.165, 1.54) is 18.5 Å². The lowest BCUT2D eigenvalue weighted by molar-refractivity contribution is -0.144. The van der Waals surface area contributed by atoms with Crippen molar-refractivity contribution in [2.75, 3.05) is 5.73 Å². The summed E-state index contributed by atoms with van der Waals surface area (Å²) in [6.45, 7) is -0.128. The van der Waals surface area contributed by atoms with Gasteiger partial charge >= 0.3 is 5.97 Å². The minimum absolute atomic E-state index is 0.128. The van der Waals surface area contributed by atoms with Crippen molar-refractivity contribution in [1.29, 1.82) is 0 Å². The number of halogens is 1. The van der Waals surface area contributed by atoms with Crippen LogP contribution in [0.15, 0.2) is 53.4 Å². The molecule has 0 saturated heterocycles. The number of benzene rings is 1. The Bertz CT molecular complexity index is 849. The van der Waals surface area contributed by atoms with Crippen molar-refractivity contribution in [3.8, 4) is 11.5 Å². The molecule has 3 aromatic rings. The summed E-state index contributed by atoms with van der Waals surface area (Å²) in [6, 6.07) is 7.99. The molecule has 0 aliphatic rings. The van der Waals surface area contributed by atoms with Crippen molar-refractivity contribution in [1.82, 2.24) is 9.97 Å². The first kappa shape index (κ1) is 16.6. The quantitative estimate of drug-likeness (QED) is 0.693. The average Bonchev–Trinajstić information content (AvgIpc) is 3.15. The molecule has 25 heavy (non-hydrogen) atoms. The first-order chi connectivity index (χ1) is 12.1. The molecule has 0 amide bonds. The number of nitrogen functional groups attached to an aromatic ring is 1. The molecular formula is C18H16FN3O3. The van der Waals surface area contributed by atoms with E-state index in [-0.39, 0.29) is 18.6 Å². The molecule has 7 heteroatoms. The molecule has 0 atom stereocenters. The predicted octanol–water partition coefficient (Wildman–Crippen LogP) is 3.13. The van der Waals surface area contributed by atoms with Crippen molar-refractivity contribution >= 4 is 11.8 Å². The van der Waals surface area contributed by atoms with Crippen molar-refractivity contribution in [2.45, 2.75) is 19.4 Å². The van der Waals surface area contributed by atoms with Gasteiger partial charge in [0.1, 0.15) is 24.5 Å². The summed E-state index contributed by atoms with van der Waals surface area (Å²) in [5.74, 6) is -0.131. The number of aromatic nitrogens is 2. The smallest absolute Gasteiger partial charge is 0.306 e. The zero-order valence-electron chi connectivity index (χ0n) is 13.3. The van der Waals surface area contributed by atoms with Crippen molar-refractivity contribution in [3.05, 3.63) is 65.9 Å². The van der Waals surface area contributed by atoms with E-state index in [9.17, 15) is 9.18 Å². The molecule has 0 saturated carbocycles. The van der Waals surface area contributed by atoms with Crippen LogP contribution in [-0.4, -0.2) is 15.9 Å². The number of esters is 1. The Hall–Kier alpha value is -3.22. The van der Waals surface area contributed by atoms with Crippen molar-refractivity contribution in [3.63, 3.8) is 0 Å². The van der Waals surface area contributed by atoms with Crippen LogP contribution < -0.4 is 5.73 Å². The number of pyridine rings is 1. The van der Waals surface area contributed by atoms with E-state index in [0.29, 0.717) is 23.7 Å². The normalized spacial score (nSPS) is 10.6. The minimum Gasteiger partial charge on any atom is -0.461 e. The molecule has 0 aliphatic carbocycles. The molecule has 2 aromatic heterocycles. The van der Waals surface area contributed by atoms with Crippen LogP contribution in [0.5, 0.6) is 0 Å². The Morgan fingerprint density at radius 2 is 2.12 bits per heavy atom. The molecule has 128 valence electrons. The van der Waals surface area contributed by atoms with E-state index in [2.05, 4.69) is 9.97 Å². The lowest BCUT2D eigenvalue weighted by Gasteiger charge is -2.07. The maximum Gasteiger partial charge on any atom is 0.306 e. The summed E-state index contributed by atoms with van der Waals surface area (Å²) >= 11 is 0. The predicted molar refractivity (Wildman–Crippen MR) is 88.7 cm³/mol. The van der Waals surface area contributed by atoms with Crippen LogP contribution in [0.2, 0.25) is 0 Å². The van der Waals surface area contributed by atoms with Crippen molar-refractivity contribution < 1.29 is 18.3 Å². The van der Waals surface area contributed by atoms with Crippen LogP contribution in [-0.2, 0) is 22.6 Å². The van der Waals surface area contributed by atoms with Crippen LogP contribution in [0.4, 0.5) is 10.2 Å². The van der Waals surface area contributed by atoms with Gasteiger partial charge in [0.25, 0.3) is 0 Å². The number of nitrogens with zero attached hydrogens (tertiary/aromatic N) is 2. The Labute approximate surface area is 143 Å². The number of ether oxygens (including phenoxy) is 1. The molecule has 0 unspecified atom stereocenters. The molecule has 3 rings (SSSR count). The minimum atomic E-state index is -0.480. The van der Waals surface area contributed by atoms with E-state index in [1.54, 1.807) is 30.5 Å². The molecule has 2 heterocycles. The van der Waals surface area contributed by atoms with Gasteiger partial charge in [-0.2, -0.15) is 0 Å². The van der Waals surface area contributed by atoms with Gasteiger partial charge in [-0.05, 0) is 30.2 Å². The Morgan fingerprint density at radius 3 is 2.80 bits per heavy atom. The second kappa shape index (κ2) is 7.57. The summed E-state index contributed by atoms with van der Waals surface area (Å²) in [4.78, 5) is 19.7. The SMILES string of the molecule is Nc1ccc(CCC(=O)OCc2ccc(-c3ncco3)cc2F)cn1. The fourth-order valence-corrected chi connectivity index (χ4v) is 2.22. The molecule has 0 spiro atoms. The highest BCUT2D eigenvalue weighted by molar-refractivity contribution is 5.69. The number of anilines is 1. The summed E-state index contributed by atoms with van der Waals surface area (Å²) in [5.41, 5.74) is 7.20.